The molecule has 1 aromatic rings. The number of aliphatic hydroxyl groups is 1. The molecule has 1 saturated carbocycles. The summed E-state index contributed by atoms with van der Waals surface area (Å²) in [5.74, 6) is 0.519. The van der Waals surface area contributed by atoms with Crippen molar-refractivity contribution in [2.45, 2.75) is 32.2 Å². The van der Waals surface area contributed by atoms with Crippen molar-refractivity contribution in [1.29, 1.82) is 0 Å². The van der Waals surface area contributed by atoms with Crippen LogP contribution >= 0.6 is 0 Å². The zero-order valence-electron chi connectivity index (χ0n) is 11.2. The van der Waals surface area contributed by atoms with Crippen LogP contribution in [0.15, 0.2) is 12.4 Å². The van der Waals surface area contributed by atoms with Gasteiger partial charge in [0.1, 0.15) is 11.5 Å². The van der Waals surface area contributed by atoms with Crippen molar-refractivity contribution < 1.29 is 9.90 Å². The molecule has 1 heterocycles. The summed E-state index contributed by atoms with van der Waals surface area (Å²) < 4.78 is 0. The van der Waals surface area contributed by atoms with Crippen LogP contribution in [0.25, 0.3) is 0 Å². The second-order valence-corrected chi connectivity index (χ2v) is 4.62. The van der Waals surface area contributed by atoms with Gasteiger partial charge in [0.25, 0.3) is 5.91 Å². The zero-order chi connectivity index (χ0) is 13.7. The van der Waals surface area contributed by atoms with E-state index in [1.165, 1.54) is 6.20 Å². The molecule has 0 aromatic carbocycles. The van der Waals surface area contributed by atoms with Crippen LogP contribution in [0.5, 0.6) is 0 Å². The second-order valence-electron chi connectivity index (χ2n) is 4.62. The first-order valence-electron chi connectivity index (χ1n) is 6.74. The maximum Gasteiger partial charge on any atom is 0.274 e. The fraction of sp³-hybridized carbons (Fsp3) is 0.615. The topological polar surface area (TPSA) is 78.4 Å². The van der Waals surface area contributed by atoms with E-state index >= 15 is 0 Å². The number of aliphatic hydroxyl groups excluding tert-OH is 1. The number of carbonyl (C=O) groups is 1. The Morgan fingerprint density at radius 2 is 2.26 bits per heavy atom. The van der Waals surface area contributed by atoms with Crippen LogP contribution in [-0.4, -0.2) is 51.6 Å². The van der Waals surface area contributed by atoms with Gasteiger partial charge < -0.3 is 15.3 Å². The average molecular weight is 264 g/mol. The molecule has 0 aliphatic heterocycles. The standard InChI is InChI=1S/C13H20N4O2/c1-2-14-12-9-15-11(8-16-12)13(19)17(6-7-18)10-4-3-5-10/h8-10,18H,2-7H2,1H3,(H,14,16). The monoisotopic (exact) mass is 264 g/mol. The molecular weight excluding hydrogens is 244 g/mol. The Kier molecular flexibility index (Phi) is 4.68. The number of rotatable bonds is 6. The lowest BCUT2D eigenvalue weighted by atomic mass is 9.91. The number of aromatic nitrogens is 2. The van der Waals surface area contributed by atoms with Gasteiger partial charge >= 0.3 is 0 Å². The molecule has 6 heteroatoms. The number of hydrogen-bond donors (Lipinski definition) is 2. The minimum absolute atomic E-state index is 0.0227. The summed E-state index contributed by atoms with van der Waals surface area (Å²) >= 11 is 0. The first-order valence-corrected chi connectivity index (χ1v) is 6.74. The molecule has 2 rings (SSSR count). The first kappa shape index (κ1) is 13.7. The Bertz CT molecular complexity index is 417. The van der Waals surface area contributed by atoms with E-state index in [-0.39, 0.29) is 18.6 Å². The van der Waals surface area contributed by atoms with E-state index < -0.39 is 0 Å². The largest absolute Gasteiger partial charge is 0.395 e. The molecule has 0 spiro atoms. The van der Waals surface area contributed by atoms with Gasteiger partial charge in [-0.3, -0.25) is 4.79 Å². The third kappa shape index (κ3) is 3.20. The normalized spacial score (nSPS) is 14.8. The number of anilines is 1. The van der Waals surface area contributed by atoms with Crippen LogP contribution in [0.2, 0.25) is 0 Å². The van der Waals surface area contributed by atoms with Gasteiger partial charge in [0.15, 0.2) is 0 Å². The van der Waals surface area contributed by atoms with Gasteiger partial charge in [0.05, 0.1) is 19.0 Å². The maximum absolute atomic E-state index is 12.3. The van der Waals surface area contributed by atoms with E-state index in [2.05, 4.69) is 15.3 Å². The summed E-state index contributed by atoms with van der Waals surface area (Å²) in [6.45, 7) is 3.08. The van der Waals surface area contributed by atoms with E-state index in [1.807, 2.05) is 6.92 Å². The highest BCUT2D eigenvalue weighted by Gasteiger charge is 2.29. The van der Waals surface area contributed by atoms with Crippen molar-refractivity contribution in [1.82, 2.24) is 14.9 Å². The Labute approximate surface area is 112 Å². The fourth-order valence-corrected chi connectivity index (χ4v) is 2.11. The lowest BCUT2D eigenvalue weighted by Gasteiger charge is -2.37. The summed E-state index contributed by atoms with van der Waals surface area (Å²) in [5.41, 5.74) is 0.335. The van der Waals surface area contributed by atoms with E-state index in [1.54, 1.807) is 11.1 Å². The second kappa shape index (κ2) is 6.47. The molecule has 19 heavy (non-hydrogen) atoms. The van der Waals surface area contributed by atoms with Gasteiger partial charge in [0.2, 0.25) is 0 Å². The number of nitrogens with one attached hydrogen (secondary N) is 1. The van der Waals surface area contributed by atoms with Crippen molar-refractivity contribution in [2.24, 2.45) is 0 Å². The van der Waals surface area contributed by atoms with Crippen molar-refractivity contribution in [2.75, 3.05) is 25.0 Å². The highest BCUT2D eigenvalue weighted by atomic mass is 16.3. The van der Waals surface area contributed by atoms with E-state index in [0.29, 0.717) is 18.1 Å². The summed E-state index contributed by atoms with van der Waals surface area (Å²) in [6, 6.07) is 0.245. The molecule has 1 amide bonds. The highest BCUT2D eigenvalue weighted by Crippen LogP contribution is 2.25. The maximum atomic E-state index is 12.3. The lowest BCUT2D eigenvalue weighted by molar-refractivity contribution is 0.0519. The Balaban J connectivity index is 2.07. The average Bonchev–Trinajstić information content (AvgIpc) is 2.37. The van der Waals surface area contributed by atoms with Crippen molar-refractivity contribution in [3.63, 3.8) is 0 Å². The van der Waals surface area contributed by atoms with Gasteiger partial charge in [-0.1, -0.05) is 0 Å². The molecule has 104 valence electrons. The minimum atomic E-state index is -0.144. The summed E-state index contributed by atoms with van der Waals surface area (Å²) in [4.78, 5) is 22.3. The Hall–Kier alpha value is -1.69. The van der Waals surface area contributed by atoms with Gasteiger partial charge in [-0.15, -0.1) is 0 Å². The van der Waals surface area contributed by atoms with Gasteiger partial charge in [-0.2, -0.15) is 0 Å². The number of carbonyl (C=O) groups excluding carboxylic acids is 1. The van der Waals surface area contributed by atoms with Crippen LogP contribution in [0.4, 0.5) is 5.82 Å². The number of hydrogen-bond acceptors (Lipinski definition) is 5. The van der Waals surface area contributed by atoms with Crippen molar-refractivity contribution in [3.05, 3.63) is 18.1 Å². The Morgan fingerprint density at radius 3 is 2.74 bits per heavy atom. The van der Waals surface area contributed by atoms with Crippen LogP contribution in [0, 0.1) is 0 Å². The SMILES string of the molecule is CCNc1cnc(C(=O)N(CCO)C2CCC2)cn1. The lowest BCUT2D eigenvalue weighted by Crippen LogP contribution is -2.45. The number of amides is 1. The Morgan fingerprint density at radius 1 is 1.47 bits per heavy atom. The van der Waals surface area contributed by atoms with Crippen molar-refractivity contribution >= 4 is 11.7 Å². The third-order valence-corrected chi connectivity index (χ3v) is 3.35. The molecule has 6 nitrogen and oxygen atoms in total. The molecule has 0 radical (unpaired) electrons. The van der Waals surface area contributed by atoms with E-state index in [9.17, 15) is 4.79 Å². The molecule has 1 aliphatic rings. The zero-order valence-corrected chi connectivity index (χ0v) is 11.2. The van der Waals surface area contributed by atoms with Gasteiger partial charge in [-0.25, -0.2) is 9.97 Å². The summed E-state index contributed by atoms with van der Waals surface area (Å²) in [5, 5.41) is 12.1. The van der Waals surface area contributed by atoms with Crippen LogP contribution < -0.4 is 5.32 Å². The highest BCUT2D eigenvalue weighted by molar-refractivity contribution is 5.92. The van der Waals surface area contributed by atoms with Gasteiger partial charge in [-0.05, 0) is 26.2 Å². The summed E-state index contributed by atoms with van der Waals surface area (Å²) in [6.07, 6.45) is 6.21. The summed E-state index contributed by atoms with van der Waals surface area (Å²) in [7, 11) is 0. The molecule has 0 bridgehead atoms. The quantitative estimate of drug-likeness (QED) is 0.798. The first-order chi connectivity index (χ1) is 9.26. The molecule has 2 N–H and O–H groups in total. The molecule has 1 aromatic heterocycles. The molecule has 0 unspecified atom stereocenters. The van der Waals surface area contributed by atoms with E-state index in [0.717, 1.165) is 25.8 Å². The van der Waals surface area contributed by atoms with E-state index in [4.69, 9.17) is 5.11 Å². The van der Waals surface area contributed by atoms with Crippen LogP contribution in [0.3, 0.4) is 0 Å². The third-order valence-electron chi connectivity index (χ3n) is 3.35. The minimum Gasteiger partial charge on any atom is -0.395 e. The van der Waals surface area contributed by atoms with Crippen LogP contribution in [-0.2, 0) is 0 Å². The predicted molar refractivity (Wildman–Crippen MR) is 72.0 cm³/mol. The fourth-order valence-electron chi connectivity index (χ4n) is 2.11. The van der Waals surface area contributed by atoms with Crippen LogP contribution in [0.1, 0.15) is 36.7 Å². The molecule has 0 saturated heterocycles. The molecule has 0 atom stereocenters. The molecular formula is C13H20N4O2. The molecule has 1 fully saturated rings. The smallest absolute Gasteiger partial charge is 0.274 e. The van der Waals surface area contributed by atoms with Gasteiger partial charge in [0, 0.05) is 19.1 Å². The molecule has 1 aliphatic carbocycles. The van der Waals surface area contributed by atoms with Crippen molar-refractivity contribution in [3.8, 4) is 0 Å². The predicted octanol–water partition coefficient (Wildman–Crippen LogP) is 0.895. The number of nitrogens with zero attached hydrogens (tertiary/aromatic N) is 3.